The summed E-state index contributed by atoms with van der Waals surface area (Å²) in [6.07, 6.45) is 4.23. The standard InChI is InChI=1S/C11H21O7P/c1-15-11(13)18-10(19(14,16-2)17-3)8-6-4-5-7-9-12/h6,8,10,12H,4-5,7,9H2,1-3H3/b8-6+. The topological polar surface area (TPSA) is 91.3 Å². The molecule has 19 heavy (non-hydrogen) atoms. The van der Waals surface area contributed by atoms with E-state index in [1.165, 1.54) is 20.3 Å². The summed E-state index contributed by atoms with van der Waals surface area (Å²) < 4.78 is 30.9. The van der Waals surface area contributed by atoms with Gasteiger partial charge in [-0.2, -0.15) is 0 Å². The van der Waals surface area contributed by atoms with Crippen molar-refractivity contribution < 1.29 is 33.0 Å². The number of rotatable bonds is 9. The summed E-state index contributed by atoms with van der Waals surface area (Å²) >= 11 is 0. The van der Waals surface area contributed by atoms with Crippen LogP contribution in [0.1, 0.15) is 19.3 Å². The molecule has 0 aromatic rings. The van der Waals surface area contributed by atoms with Crippen molar-refractivity contribution in [1.29, 1.82) is 0 Å². The fourth-order valence-electron chi connectivity index (χ4n) is 1.22. The molecule has 1 atom stereocenters. The van der Waals surface area contributed by atoms with Gasteiger partial charge in [-0.25, -0.2) is 4.79 Å². The zero-order valence-electron chi connectivity index (χ0n) is 11.4. The van der Waals surface area contributed by atoms with Gasteiger partial charge in [0.05, 0.1) is 7.11 Å². The monoisotopic (exact) mass is 296 g/mol. The Kier molecular flexibility index (Phi) is 9.51. The van der Waals surface area contributed by atoms with E-state index in [9.17, 15) is 9.36 Å². The fraction of sp³-hybridized carbons (Fsp3) is 0.727. The quantitative estimate of drug-likeness (QED) is 0.302. The predicted molar refractivity (Wildman–Crippen MR) is 69.0 cm³/mol. The maximum atomic E-state index is 12.2. The first-order valence-corrected chi connectivity index (χ1v) is 7.38. The van der Waals surface area contributed by atoms with Crippen LogP contribution >= 0.6 is 7.60 Å². The number of carbonyl (C=O) groups excluding carboxylic acids is 1. The van der Waals surface area contributed by atoms with Gasteiger partial charge in [0, 0.05) is 20.8 Å². The molecule has 0 fully saturated rings. The lowest BCUT2D eigenvalue weighted by Crippen LogP contribution is -2.18. The van der Waals surface area contributed by atoms with Crippen LogP contribution in [-0.2, 0) is 23.1 Å². The Balaban J connectivity index is 4.67. The van der Waals surface area contributed by atoms with Gasteiger partial charge in [0.15, 0.2) is 0 Å². The molecule has 112 valence electrons. The van der Waals surface area contributed by atoms with E-state index in [4.69, 9.17) is 18.9 Å². The first-order valence-electron chi connectivity index (χ1n) is 5.77. The molecule has 0 aliphatic rings. The molecule has 7 nitrogen and oxygen atoms in total. The molecule has 0 aromatic heterocycles. The highest BCUT2D eigenvalue weighted by Crippen LogP contribution is 2.52. The Morgan fingerprint density at radius 1 is 1.26 bits per heavy atom. The second-order valence-corrected chi connectivity index (χ2v) is 5.83. The number of allylic oxidation sites excluding steroid dienone is 1. The van der Waals surface area contributed by atoms with Crippen LogP contribution in [0.4, 0.5) is 4.79 Å². The Hall–Kier alpha value is -0.880. The minimum atomic E-state index is -3.57. The van der Waals surface area contributed by atoms with E-state index < -0.39 is 19.6 Å². The van der Waals surface area contributed by atoms with Crippen LogP contribution in [0.15, 0.2) is 12.2 Å². The zero-order chi connectivity index (χ0) is 14.7. The highest BCUT2D eigenvalue weighted by Gasteiger charge is 2.35. The predicted octanol–water partition coefficient (Wildman–Crippen LogP) is 2.30. The molecular weight excluding hydrogens is 275 g/mol. The van der Waals surface area contributed by atoms with Gasteiger partial charge in [-0.15, -0.1) is 0 Å². The molecule has 0 spiro atoms. The molecule has 0 aliphatic heterocycles. The summed E-state index contributed by atoms with van der Waals surface area (Å²) in [6.45, 7) is 0.116. The van der Waals surface area contributed by atoms with Gasteiger partial charge in [0.25, 0.3) is 0 Å². The van der Waals surface area contributed by atoms with Gasteiger partial charge >= 0.3 is 13.8 Å². The minimum Gasteiger partial charge on any atom is -0.438 e. The van der Waals surface area contributed by atoms with Crippen molar-refractivity contribution >= 4 is 13.8 Å². The molecule has 0 rings (SSSR count). The summed E-state index contributed by atoms with van der Waals surface area (Å²) in [7, 11) is -0.0137. The van der Waals surface area contributed by atoms with Crippen molar-refractivity contribution in [3.8, 4) is 0 Å². The maximum Gasteiger partial charge on any atom is 0.509 e. The summed E-state index contributed by atoms with van der Waals surface area (Å²) in [5.41, 5.74) is 0. The van der Waals surface area contributed by atoms with Crippen molar-refractivity contribution in [3.63, 3.8) is 0 Å². The molecular formula is C11H21O7P. The van der Waals surface area contributed by atoms with E-state index in [1.54, 1.807) is 6.08 Å². The Bertz CT molecular complexity index is 321. The Labute approximate surface area is 113 Å². The molecule has 8 heteroatoms. The summed E-state index contributed by atoms with van der Waals surface area (Å²) in [5, 5.41) is 8.64. The van der Waals surface area contributed by atoms with Crippen molar-refractivity contribution in [2.45, 2.75) is 25.1 Å². The maximum absolute atomic E-state index is 12.2. The normalized spacial score (nSPS) is 13.5. The second kappa shape index (κ2) is 9.97. The van der Waals surface area contributed by atoms with Gasteiger partial charge in [-0.05, 0) is 25.3 Å². The van der Waals surface area contributed by atoms with Crippen LogP contribution in [0.25, 0.3) is 0 Å². The van der Waals surface area contributed by atoms with Gasteiger partial charge in [0.2, 0.25) is 5.85 Å². The van der Waals surface area contributed by atoms with E-state index in [0.29, 0.717) is 12.8 Å². The van der Waals surface area contributed by atoms with Crippen molar-refractivity contribution in [2.24, 2.45) is 0 Å². The summed E-state index contributed by atoms with van der Waals surface area (Å²) in [6, 6.07) is 0. The van der Waals surface area contributed by atoms with Crippen LogP contribution in [-0.4, -0.2) is 45.0 Å². The number of ether oxygens (including phenoxy) is 2. The smallest absolute Gasteiger partial charge is 0.438 e. The molecule has 1 N–H and O–H groups in total. The largest absolute Gasteiger partial charge is 0.509 e. The van der Waals surface area contributed by atoms with Crippen LogP contribution < -0.4 is 0 Å². The van der Waals surface area contributed by atoms with Crippen molar-refractivity contribution in [2.75, 3.05) is 27.9 Å². The van der Waals surface area contributed by atoms with Crippen LogP contribution in [0.2, 0.25) is 0 Å². The molecule has 0 bridgehead atoms. The first kappa shape index (κ1) is 18.1. The highest BCUT2D eigenvalue weighted by atomic mass is 31.2. The third-order valence-electron chi connectivity index (χ3n) is 2.28. The van der Waals surface area contributed by atoms with E-state index in [1.807, 2.05) is 0 Å². The number of aliphatic hydroxyl groups excluding tert-OH is 1. The lowest BCUT2D eigenvalue weighted by Gasteiger charge is -2.20. The summed E-state index contributed by atoms with van der Waals surface area (Å²) in [4.78, 5) is 11.1. The lowest BCUT2D eigenvalue weighted by atomic mass is 10.2. The number of carbonyl (C=O) groups is 1. The van der Waals surface area contributed by atoms with Gasteiger partial charge in [-0.1, -0.05) is 6.08 Å². The molecule has 0 saturated carbocycles. The number of hydrogen-bond acceptors (Lipinski definition) is 7. The Morgan fingerprint density at radius 2 is 1.89 bits per heavy atom. The molecule has 0 radical (unpaired) electrons. The molecule has 0 aromatic carbocycles. The minimum absolute atomic E-state index is 0.116. The lowest BCUT2D eigenvalue weighted by molar-refractivity contribution is 0.0625. The van der Waals surface area contributed by atoms with Crippen LogP contribution in [0, 0.1) is 0 Å². The molecule has 1 unspecified atom stereocenters. The van der Waals surface area contributed by atoms with E-state index in [-0.39, 0.29) is 6.61 Å². The van der Waals surface area contributed by atoms with Gasteiger partial charge in [0.1, 0.15) is 0 Å². The fourth-order valence-corrected chi connectivity index (χ4v) is 2.34. The van der Waals surface area contributed by atoms with E-state index in [2.05, 4.69) is 4.74 Å². The average Bonchev–Trinajstić information content (AvgIpc) is 2.44. The van der Waals surface area contributed by atoms with Crippen LogP contribution in [0.5, 0.6) is 0 Å². The van der Waals surface area contributed by atoms with Crippen molar-refractivity contribution in [1.82, 2.24) is 0 Å². The number of unbranched alkanes of at least 4 members (excludes halogenated alkanes) is 2. The third kappa shape index (κ3) is 6.73. The number of aliphatic hydroxyl groups is 1. The number of hydrogen-bond donors (Lipinski definition) is 1. The van der Waals surface area contributed by atoms with E-state index >= 15 is 0 Å². The Morgan fingerprint density at radius 3 is 2.37 bits per heavy atom. The summed E-state index contributed by atoms with van der Waals surface area (Å²) in [5.74, 6) is -1.16. The van der Waals surface area contributed by atoms with Gasteiger partial charge < -0.3 is 23.6 Å². The molecule has 0 heterocycles. The zero-order valence-corrected chi connectivity index (χ0v) is 12.3. The second-order valence-electron chi connectivity index (χ2n) is 3.52. The molecule has 0 aliphatic carbocycles. The van der Waals surface area contributed by atoms with Crippen LogP contribution in [0.3, 0.4) is 0 Å². The SMILES string of the molecule is COC(=O)OC(/C=C/CCCCO)P(=O)(OC)OC. The molecule has 0 amide bonds. The highest BCUT2D eigenvalue weighted by molar-refractivity contribution is 7.54. The number of methoxy groups -OCH3 is 1. The average molecular weight is 296 g/mol. The van der Waals surface area contributed by atoms with Crippen molar-refractivity contribution in [3.05, 3.63) is 12.2 Å². The molecule has 0 saturated heterocycles. The van der Waals surface area contributed by atoms with E-state index in [0.717, 1.165) is 13.5 Å². The third-order valence-corrected chi connectivity index (χ3v) is 4.20. The first-order chi connectivity index (χ1) is 9.03. The van der Waals surface area contributed by atoms with Gasteiger partial charge in [-0.3, -0.25) is 4.57 Å².